The minimum atomic E-state index is -0.202. The first-order valence-corrected chi connectivity index (χ1v) is 11.7. The number of hydrogen-bond acceptors (Lipinski definition) is 6. The van der Waals surface area contributed by atoms with Crippen molar-refractivity contribution in [2.24, 2.45) is 0 Å². The van der Waals surface area contributed by atoms with Crippen molar-refractivity contribution in [3.05, 3.63) is 89.6 Å². The van der Waals surface area contributed by atoms with Crippen LogP contribution in [0.2, 0.25) is 0 Å². The molecule has 1 aliphatic heterocycles. The summed E-state index contributed by atoms with van der Waals surface area (Å²) < 4.78 is 10.6. The Morgan fingerprint density at radius 3 is 2.41 bits per heavy atom. The number of nitrogens with one attached hydrogen (secondary N) is 1. The van der Waals surface area contributed by atoms with E-state index in [-0.39, 0.29) is 5.91 Å². The first-order chi connectivity index (χ1) is 16.7. The highest BCUT2D eigenvalue weighted by Gasteiger charge is 2.19. The van der Waals surface area contributed by atoms with Crippen LogP contribution in [0.25, 0.3) is 0 Å². The van der Waals surface area contributed by atoms with Crippen molar-refractivity contribution in [3.63, 3.8) is 0 Å². The average Bonchev–Trinajstić information content (AvgIpc) is 2.89. The molecule has 7 heteroatoms. The topological polar surface area (TPSA) is 66.9 Å². The number of ether oxygens (including phenoxy) is 2. The Kier molecular flexibility index (Phi) is 8.48. The third-order valence-corrected chi connectivity index (χ3v) is 5.99. The van der Waals surface area contributed by atoms with E-state index in [1.165, 1.54) is 11.3 Å². The summed E-state index contributed by atoms with van der Waals surface area (Å²) in [5.41, 5.74) is 4.06. The van der Waals surface area contributed by atoms with E-state index in [2.05, 4.69) is 68.6 Å². The number of para-hydroxylation sites is 1. The molecule has 0 saturated carbocycles. The van der Waals surface area contributed by atoms with Gasteiger partial charge in [0, 0.05) is 58.3 Å². The Bertz CT molecular complexity index is 1050. The highest BCUT2D eigenvalue weighted by Crippen LogP contribution is 2.19. The Labute approximate surface area is 201 Å². The van der Waals surface area contributed by atoms with Gasteiger partial charge >= 0.3 is 0 Å². The SMILES string of the molecule is COCCOc1ncccc1C(=O)NCc1ccccc1CN1CCN(c2ccccc2)CC1. The van der Waals surface area contributed by atoms with Crippen molar-refractivity contribution in [2.45, 2.75) is 13.1 Å². The van der Waals surface area contributed by atoms with Gasteiger partial charge in [-0.3, -0.25) is 9.69 Å². The molecule has 7 nitrogen and oxygen atoms in total. The molecule has 4 rings (SSSR count). The molecule has 0 spiro atoms. The summed E-state index contributed by atoms with van der Waals surface area (Å²) in [5, 5.41) is 3.04. The second-order valence-corrected chi connectivity index (χ2v) is 8.25. The van der Waals surface area contributed by atoms with E-state index in [1.807, 2.05) is 6.07 Å². The van der Waals surface area contributed by atoms with E-state index in [9.17, 15) is 4.79 Å². The molecule has 1 aliphatic rings. The average molecular weight is 461 g/mol. The fourth-order valence-electron chi connectivity index (χ4n) is 4.10. The summed E-state index contributed by atoms with van der Waals surface area (Å²) in [6.45, 7) is 6.13. The van der Waals surface area contributed by atoms with Gasteiger partial charge in [-0.05, 0) is 35.4 Å². The molecule has 1 amide bonds. The molecule has 0 unspecified atom stereocenters. The maximum atomic E-state index is 12.9. The van der Waals surface area contributed by atoms with Crippen molar-refractivity contribution in [3.8, 4) is 5.88 Å². The quantitative estimate of drug-likeness (QED) is 0.468. The lowest BCUT2D eigenvalue weighted by molar-refractivity contribution is 0.0941. The van der Waals surface area contributed by atoms with E-state index in [0.717, 1.165) is 38.3 Å². The second kappa shape index (κ2) is 12.2. The maximum absolute atomic E-state index is 12.9. The summed E-state index contributed by atoms with van der Waals surface area (Å²) in [6.07, 6.45) is 1.62. The monoisotopic (exact) mass is 460 g/mol. The molecule has 1 aromatic heterocycles. The van der Waals surface area contributed by atoms with Gasteiger partial charge in [0.25, 0.3) is 5.91 Å². The van der Waals surface area contributed by atoms with Gasteiger partial charge in [-0.1, -0.05) is 42.5 Å². The van der Waals surface area contributed by atoms with Gasteiger partial charge in [-0.25, -0.2) is 4.98 Å². The molecule has 1 saturated heterocycles. The molecule has 3 aromatic rings. The Balaban J connectivity index is 1.33. The Hall–Kier alpha value is -3.42. The second-order valence-electron chi connectivity index (χ2n) is 8.25. The first kappa shape index (κ1) is 23.7. The molecular weight excluding hydrogens is 428 g/mol. The number of rotatable bonds is 10. The summed E-state index contributed by atoms with van der Waals surface area (Å²) in [5.74, 6) is 0.119. The third kappa shape index (κ3) is 6.34. The zero-order valence-corrected chi connectivity index (χ0v) is 19.7. The van der Waals surface area contributed by atoms with Crippen LogP contribution in [0, 0.1) is 0 Å². The Morgan fingerprint density at radius 2 is 1.65 bits per heavy atom. The van der Waals surface area contributed by atoms with Crippen LogP contribution in [0.15, 0.2) is 72.9 Å². The lowest BCUT2D eigenvalue weighted by Crippen LogP contribution is -2.46. The van der Waals surface area contributed by atoms with Crippen LogP contribution in [0.3, 0.4) is 0 Å². The highest BCUT2D eigenvalue weighted by molar-refractivity contribution is 5.96. The summed E-state index contributed by atoms with van der Waals surface area (Å²) in [6, 6.07) is 22.3. The van der Waals surface area contributed by atoms with Crippen molar-refractivity contribution in [2.75, 3.05) is 51.4 Å². The fourth-order valence-corrected chi connectivity index (χ4v) is 4.10. The maximum Gasteiger partial charge on any atom is 0.257 e. The van der Waals surface area contributed by atoms with Crippen LogP contribution >= 0.6 is 0 Å². The minimum Gasteiger partial charge on any atom is -0.475 e. The van der Waals surface area contributed by atoms with Crippen LogP contribution in [-0.2, 0) is 17.8 Å². The number of anilines is 1. The number of aromatic nitrogens is 1. The van der Waals surface area contributed by atoms with Crippen LogP contribution in [0.1, 0.15) is 21.5 Å². The summed E-state index contributed by atoms with van der Waals surface area (Å²) in [4.78, 5) is 22.0. The predicted octanol–water partition coefficient (Wildman–Crippen LogP) is 3.36. The summed E-state index contributed by atoms with van der Waals surface area (Å²) in [7, 11) is 1.61. The van der Waals surface area contributed by atoms with Gasteiger partial charge in [-0.15, -0.1) is 0 Å². The van der Waals surface area contributed by atoms with Gasteiger partial charge in [0.2, 0.25) is 5.88 Å². The number of piperazine rings is 1. The van der Waals surface area contributed by atoms with E-state index in [4.69, 9.17) is 9.47 Å². The summed E-state index contributed by atoms with van der Waals surface area (Å²) >= 11 is 0. The van der Waals surface area contributed by atoms with Gasteiger partial charge in [-0.2, -0.15) is 0 Å². The normalized spacial score (nSPS) is 14.1. The van der Waals surface area contributed by atoms with E-state index < -0.39 is 0 Å². The molecule has 0 aliphatic carbocycles. The zero-order valence-electron chi connectivity index (χ0n) is 19.7. The van der Waals surface area contributed by atoms with Crippen molar-refractivity contribution < 1.29 is 14.3 Å². The fraction of sp³-hybridized carbons (Fsp3) is 0.333. The van der Waals surface area contributed by atoms with Gasteiger partial charge < -0.3 is 19.7 Å². The number of carbonyl (C=O) groups excluding carboxylic acids is 1. The number of pyridine rings is 1. The molecule has 2 heterocycles. The lowest BCUT2D eigenvalue weighted by Gasteiger charge is -2.36. The Morgan fingerprint density at radius 1 is 0.912 bits per heavy atom. The number of amides is 1. The first-order valence-electron chi connectivity index (χ1n) is 11.7. The standard InChI is InChI=1S/C27H32N4O3/c1-33-18-19-34-27-25(12-7-13-28-27)26(32)29-20-22-8-5-6-9-23(22)21-30-14-16-31(17-15-30)24-10-3-2-4-11-24/h2-13H,14-21H2,1H3,(H,29,32). The predicted molar refractivity (Wildman–Crippen MR) is 133 cm³/mol. The van der Waals surface area contributed by atoms with Crippen molar-refractivity contribution >= 4 is 11.6 Å². The highest BCUT2D eigenvalue weighted by atomic mass is 16.5. The van der Waals surface area contributed by atoms with Crippen LogP contribution < -0.4 is 15.0 Å². The molecule has 0 radical (unpaired) electrons. The number of methoxy groups -OCH3 is 1. The largest absolute Gasteiger partial charge is 0.475 e. The molecule has 2 aromatic carbocycles. The van der Waals surface area contributed by atoms with E-state index in [1.54, 1.807) is 25.4 Å². The van der Waals surface area contributed by atoms with Crippen LogP contribution in [0.5, 0.6) is 5.88 Å². The number of carbonyl (C=O) groups is 1. The minimum absolute atomic E-state index is 0.202. The van der Waals surface area contributed by atoms with Gasteiger partial charge in [0.15, 0.2) is 0 Å². The lowest BCUT2D eigenvalue weighted by atomic mass is 10.1. The number of hydrogen-bond donors (Lipinski definition) is 1. The van der Waals surface area contributed by atoms with Crippen LogP contribution in [-0.4, -0.2) is 62.3 Å². The zero-order chi connectivity index (χ0) is 23.6. The number of benzene rings is 2. The van der Waals surface area contributed by atoms with Crippen LogP contribution in [0.4, 0.5) is 5.69 Å². The molecule has 1 fully saturated rings. The van der Waals surface area contributed by atoms with Gasteiger partial charge in [0.1, 0.15) is 12.2 Å². The van der Waals surface area contributed by atoms with E-state index in [0.29, 0.717) is 31.2 Å². The van der Waals surface area contributed by atoms with E-state index >= 15 is 0 Å². The third-order valence-electron chi connectivity index (χ3n) is 5.99. The molecule has 1 N–H and O–H groups in total. The van der Waals surface area contributed by atoms with Crippen molar-refractivity contribution in [1.29, 1.82) is 0 Å². The smallest absolute Gasteiger partial charge is 0.257 e. The van der Waals surface area contributed by atoms with Crippen molar-refractivity contribution in [1.82, 2.24) is 15.2 Å². The molecule has 0 atom stereocenters. The van der Waals surface area contributed by atoms with Gasteiger partial charge in [0.05, 0.1) is 6.61 Å². The molecule has 178 valence electrons. The number of nitrogens with zero attached hydrogens (tertiary/aromatic N) is 3. The molecular formula is C27H32N4O3. The molecule has 34 heavy (non-hydrogen) atoms. The molecule has 0 bridgehead atoms.